The van der Waals surface area contributed by atoms with Crippen LogP contribution in [0.4, 0.5) is 0 Å². The van der Waals surface area contributed by atoms with Gasteiger partial charge >= 0.3 is 0 Å². The Labute approximate surface area is 240 Å². The van der Waals surface area contributed by atoms with Gasteiger partial charge in [0.1, 0.15) is 24.2 Å². The monoisotopic (exact) mass is 567 g/mol. The van der Waals surface area contributed by atoms with Crippen molar-refractivity contribution >= 4 is 29.5 Å². The minimum atomic E-state index is -1.22. The summed E-state index contributed by atoms with van der Waals surface area (Å²) in [4.78, 5) is 68.4. The van der Waals surface area contributed by atoms with Gasteiger partial charge in [0.05, 0.1) is 6.10 Å². The van der Waals surface area contributed by atoms with E-state index < -0.39 is 53.9 Å². The topological polar surface area (TPSA) is 148 Å². The molecule has 0 bridgehead atoms. The zero-order valence-corrected chi connectivity index (χ0v) is 26.0. The molecule has 0 aliphatic carbocycles. The number of nitrogens with one attached hydrogen (secondary N) is 3. The van der Waals surface area contributed by atoms with Crippen molar-refractivity contribution in [2.45, 2.75) is 118 Å². The molecule has 6 atom stereocenters. The van der Waals surface area contributed by atoms with E-state index in [0.29, 0.717) is 25.9 Å². The SMILES string of the molecule is CC[C@H](C)[C@H](NC(=O)[C@@H](NC(=O)[C@H](CC(C)C)N(C)C(=O)[C@@H](NC(C)=O)[C@@H](C)O)C(C)C)C(=O)N1CCCCC1. The minimum Gasteiger partial charge on any atom is -0.391 e. The van der Waals surface area contributed by atoms with Crippen LogP contribution in [0.25, 0.3) is 0 Å². The van der Waals surface area contributed by atoms with Gasteiger partial charge in [-0.3, -0.25) is 24.0 Å². The summed E-state index contributed by atoms with van der Waals surface area (Å²) >= 11 is 0. The van der Waals surface area contributed by atoms with E-state index in [2.05, 4.69) is 16.0 Å². The van der Waals surface area contributed by atoms with E-state index in [1.165, 1.54) is 25.8 Å². The van der Waals surface area contributed by atoms with Crippen LogP contribution in [-0.4, -0.2) is 94.9 Å². The minimum absolute atomic E-state index is 0.0278. The number of aliphatic hydroxyl groups is 1. The molecule has 11 heteroatoms. The summed E-state index contributed by atoms with van der Waals surface area (Å²) in [6, 6.07) is -3.80. The molecule has 0 saturated carbocycles. The van der Waals surface area contributed by atoms with E-state index in [1.54, 1.807) is 0 Å². The molecular formula is C29H53N5O6. The average Bonchev–Trinajstić information content (AvgIpc) is 2.89. The predicted octanol–water partition coefficient (Wildman–Crippen LogP) is 1.43. The Morgan fingerprint density at radius 2 is 1.38 bits per heavy atom. The maximum Gasteiger partial charge on any atom is 0.248 e. The molecule has 1 aliphatic heterocycles. The summed E-state index contributed by atoms with van der Waals surface area (Å²) in [5, 5.41) is 18.3. The van der Waals surface area contributed by atoms with Crippen LogP contribution in [0.5, 0.6) is 0 Å². The second-order valence-corrected chi connectivity index (χ2v) is 12.0. The largest absolute Gasteiger partial charge is 0.391 e. The highest BCUT2D eigenvalue weighted by molar-refractivity contribution is 5.95. The van der Waals surface area contributed by atoms with Crippen LogP contribution in [0.15, 0.2) is 0 Å². The van der Waals surface area contributed by atoms with Gasteiger partial charge in [-0.25, -0.2) is 0 Å². The van der Waals surface area contributed by atoms with Gasteiger partial charge in [-0.05, 0) is 50.4 Å². The van der Waals surface area contributed by atoms with Gasteiger partial charge in [0.25, 0.3) is 0 Å². The number of carbonyl (C=O) groups excluding carboxylic acids is 5. The number of piperidine rings is 1. The van der Waals surface area contributed by atoms with Crippen LogP contribution in [0, 0.1) is 17.8 Å². The van der Waals surface area contributed by atoms with E-state index in [0.717, 1.165) is 19.3 Å². The summed E-state index contributed by atoms with van der Waals surface area (Å²) in [6.45, 7) is 15.3. The molecule has 0 spiro atoms. The highest BCUT2D eigenvalue weighted by Gasteiger charge is 2.38. The van der Waals surface area contributed by atoms with Crippen molar-refractivity contribution < 1.29 is 29.1 Å². The number of nitrogens with zero attached hydrogens (tertiary/aromatic N) is 2. The quantitative estimate of drug-likeness (QED) is 0.250. The van der Waals surface area contributed by atoms with E-state index in [4.69, 9.17) is 0 Å². The molecule has 0 aromatic carbocycles. The molecule has 5 amide bonds. The first-order chi connectivity index (χ1) is 18.6. The van der Waals surface area contributed by atoms with Crippen LogP contribution in [0.3, 0.4) is 0 Å². The highest BCUT2D eigenvalue weighted by atomic mass is 16.3. The van der Waals surface area contributed by atoms with Crippen molar-refractivity contribution in [3.8, 4) is 0 Å². The van der Waals surface area contributed by atoms with Gasteiger partial charge in [-0.1, -0.05) is 48.0 Å². The van der Waals surface area contributed by atoms with Crippen LogP contribution < -0.4 is 16.0 Å². The number of amides is 5. The molecule has 40 heavy (non-hydrogen) atoms. The molecule has 1 fully saturated rings. The molecule has 4 N–H and O–H groups in total. The molecule has 1 heterocycles. The first-order valence-electron chi connectivity index (χ1n) is 14.7. The Balaban J connectivity index is 3.17. The third-order valence-corrected chi connectivity index (χ3v) is 7.61. The van der Waals surface area contributed by atoms with Crippen LogP contribution >= 0.6 is 0 Å². The first-order valence-corrected chi connectivity index (χ1v) is 14.7. The van der Waals surface area contributed by atoms with Crippen molar-refractivity contribution in [1.29, 1.82) is 0 Å². The van der Waals surface area contributed by atoms with Crippen LogP contribution in [-0.2, 0) is 24.0 Å². The first kappa shape index (κ1) is 35.3. The Morgan fingerprint density at radius 1 is 0.825 bits per heavy atom. The van der Waals surface area contributed by atoms with Crippen molar-refractivity contribution in [3.63, 3.8) is 0 Å². The number of hydrogen-bond acceptors (Lipinski definition) is 6. The molecule has 0 aromatic rings. The third kappa shape index (κ3) is 10.4. The lowest BCUT2D eigenvalue weighted by molar-refractivity contribution is -0.145. The van der Waals surface area contributed by atoms with Crippen molar-refractivity contribution in [2.24, 2.45) is 17.8 Å². The molecule has 0 unspecified atom stereocenters. The van der Waals surface area contributed by atoms with Gasteiger partial charge in [-0.15, -0.1) is 0 Å². The van der Waals surface area contributed by atoms with Crippen LogP contribution in [0.1, 0.15) is 87.5 Å². The van der Waals surface area contributed by atoms with Gasteiger partial charge in [0, 0.05) is 27.1 Å². The van der Waals surface area contributed by atoms with Crippen molar-refractivity contribution in [3.05, 3.63) is 0 Å². The lowest BCUT2D eigenvalue weighted by Crippen LogP contribution is -2.61. The standard InChI is InChI=1S/C29H53N5O6/c1-10-19(6)24(29(40)34-14-12-11-13-15-34)32-27(38)23(18(4)5)31-26(37)22(16-17(2)3)33(9)28(39)25(20(7)35)30-21(8)36/h17-20,22-25,35H,10-16H2,1-9H3,(H,30,36)(H,31,37)(H,32,38)/t19-,20+,22-,23-,24-,25-/m0/s1. The van der Waals surface area contributed by atoms with Gasteiger partial charge < -0.3 is 30.9 Å². The fourth-order valence-corrected chi connectivity index (χ4v) is 4.89. The summed E-state index contributed by atoms with van der Waals surface area (Å²) in [5.74, 6) is -2.52. The molecule has 230 valence electrons. The van der Waals surface area contributed by atoms with Crippen LogP contribution in [0.2, 0.25) is 0 Å². The second-order valence-electron chi connectivity index (χ2n) is 12.0. The lowest BCUT2D eigenvalue weighted by Gasteiger charge is -2.35. The van der Waals surface area contributed by atoms with Gasteiger partial charge in [-0.2, -0.15) is 0 Å². The molecule has 0 aromatic heterocycles. The number of rotatable bonds is 14. The maximum absolute atomic E-state index is 13.6. The number of hydrogen-bond donors (Lipinski definition) is 4. The normalized spacial score (nSPS) is 18.2. The smallest absolute Gasteiger partial charge is 0.248 e. The maximum atomic E-state index is 13.6. The fraction of sp³-hybridized carbons (Fsp3) is 0.828. The zero-order chi connectivity index (χ0) is 30.7. The molecule has 11 nitrogen and oxygen atoms in total. The number of aliphatic hydroxyl groups excluding tert-OH is 1. The fourth-order valence-electron chi connectivity index (χ4n) is 4.89. The Kier molecular flexibility index (Phi) is 14.6. The van der Waals surface area contributed by atoms with E-state index in [9.17, 15) is 29.1 Å². The van der Waals surface area contributed by atoms with Crippen molar-refractivity contribution in [2.75, 3.05) is 20.1 Å². The zero-order valence-electron chi connectivity index (χ0n) is 26.0. The van der Waals surface area contributed by atoms with Gasteiger partial charge in [0.2, 0.25) is 29.5 Å². The number of carbonyl (C=O) groups is 5. The Bertz CT molecular complexity index is 871. The number of likely N-dealkylation sites (N-methyl/N-ethyl adjacent to an activating group) is 1. The predicted molar refractivity (Wildman–Crippen MR) is 154 cm³/mol. The molecule has 1 aliphatic rings. The molecular weight excluding hydrogens is 514 g/mol. The average molecular weight is 568 g/mol. The highest BCUT2D eigenvalue weighted by Crippen LogP contribution is 2.18. The summed E-state index contributed by atoms with van der Waals surface area (Å²) in [5.41, 5.74) is 0. The van der Waals surface area contributed by atoms with E-state index in [-0.39, 0.29) is 23.7 Å². The van der Waals surface area contributed by atoms with E-state index in [1.807, 2.05) is 46.4 Å². The summed E-state index contributed by atoms with van der Waals surface area (Å²) in [7, 11) is 1.45. The molecule has 1 saturated heterocycles. The Morgan fingerprint density at radius 3 is 1.82 bits per heavy atom. The summed E-state index contributed by atoms with van der Waals surface area (Å²) in [6.07, 6.45) is 2.80. The summed E-state index contributed by atoms with van der Waals surface area (Å²) < 4.78 is 0. The third-order valence-electron chi connectivity index (χ3n) is 7.61. The second kappa shape index (κ2) is 16.5. The Hall–Kier alpha value is -2.69. The molecule has 0 radical (unpaired) electrons. The number of likely N-dealkylation sites (tertiary alicyclic amines) is 1. The van der Waals surface area contributed by atoms with Gasteiger partial charge in [0.15, 0.2) is 0 Å². The van der Waals surface area contributed by atoms with E-state index >= 15 is 0 Å². The molecule has 1 rings (SSSR count). The lowest BCUT2D eigenvalue weighted by atomic mass is 9.95. The van der Waals surface area contributed by atoms with Crippen molar-refractivity contribution in [1.82, 2.24) is 25.8 Å².